The summed E-state index contributed by atoms with van der Waals surface area (Å²) in [4.78, 5) is 13.3. The number of hydrogen-bond acceptors (Lipinski definition) is 3. The Morgan fingerprint density at radius 2 is 1.90 bits per heavy atom. The minimum atomic E-state index is -1.94. The maximum atomic E-state index is 13.3. The molecule has 0 aromatic heterocycles. The van der Waals surface area contributed by atoms with Gasteiger partial charge in [0.15, 0.2) is 8.32 Å². The van der Waals surface area contributed by atoms with Gasteiger partial charge in [0, 0.05) is 13.0 Å². The van der Waals surface area contributed by atoms with Gasteiger partial charge in [-0.3, -0.25) is 4.79 Å². The van der Waals surface area contributed by atoms with Gasteiger partial charge in [-0.25, -0.2) is 0 Å². The van der Waals surface area contributed by atoms with E-state index in [0.29, 0.717) is 18.8 Å². The van der Waals surface area contributed by atoms with Crippen LogP contribution in [-0.2, 0) is 20.6 Å². The fraction of sp³-hybridized carbons (Fsp3) is 0.654. The summed E-state index contributed by atoms with van der Waals surface area (Å²) in [6.07, 6.45) is 10.2. The molecule has 1 aromatic carbocycles. The molecule has 3 rings (SSSR count). The second-order valence-corrected chi connectivity index (χ2v) is 15.4. The molecule has 1 saturated carbocycles. The van der Waals surface area contributed by atoms with Crippen molar-refractivity contribution < 1.29 is 14.0 Å². The summed E-state index contributed by atoms with van der Waals surface area (Å²) in [7, 11) is -1.94. The average Bonchev–Trinajstić information content (AvgIpc) is 3.06. The molecule has 0 heterocycles. The lowest BCUT2D eigenvalue weighted by atomic mass is 9.64. The molecule has 0 unspecified atom stereocenters. The monoisotopic (exact) mass is 428 g/mol. The predicted molar refractivity (Wildman–Crippen MR) is 126 cm³/mol. The van der Waals surface area contributed by atoms with Crippen molar-refractivity contribution in [1.29, 1.82) is 0 Å². The van der Waals surface area contributed by atoms with Crippen LogP contribution in [-0.4, -0.2) is 26.8 Å². The molecular formula is C26H40O3Si. The fourth-order valence-corrected chi connectivity index (χ4v) is 6.21. The molecule has 0 bridgehead atoms. The van der Waals surface area contributed by atoms with E-state index in [-0.39, 0.29) is 22.5 Å². The molecule has 166 valence electrons. The number of Topliss-reactive ketones (excluding diaryl/α,β-unsaturated/α-hetero) is 1. The van der Waals surface area contributed by atoms with Gasteiger partial charge in [-0.05, 0) is 61.7 Å². The lowest BCUT2D eigenvalue weighted by molar-refractivity contribution is -0.135. The van der Waals surface area contributed by atoms with Crippen LogP contribution in [0.2, 0.25) is 18.1 Å². The Morgan fingerprint density at radius 1 is 1.17 bits per heavy atom. The van der Waals surface area contributed by atoms with E-state index < -0.39 is 8.32 Å². The van der Waals surface area contributed by atoms with Crippen molar-refractivity contribution in [3.63, 3.8) is 0 Å². The maximum absolute atomic E-state index is 13.3. The Balaban J connectivity index is 1.64. The molecule has 2 aliphatic rings. The third-order valence-corrected chi connectivity index (χ3v) is 12.1. The number of allylic oxidation sites excluding steroid dienone is 1. The van der Waals surface area contributed by atoms with Gasteiger partial charge in [0.25, 0.3) is 0 Å². The Bertz CT molecular complexity index is 734. The van der Waals surface area contributed by atoms with Crippen molar-refractivity contribution in [3.8, 4) is 0 Å². The van der Waals surface area contributed by atoms with Crippen LogP contribution in [0.4, 0.5) is 0 Å². The topological polar surface area (TPSA) is 35.5 Å². The van der Waals surface area contributed by atoms with E-state index in [0.717, 1.165) is 38.7 Å². The number of carbonyl (C=O) groups is 1. The maximum Gasteiger partial charge on any atom is 0.192 e. The summed E-state index contributed by atoms with van der Waals surface area (Å²) in [5.74, 6) is 0.710. The summed E-state index contributed by atoms with van der Waals surface area (Å²) in [5, 5.41) is 0.151. The van der Waals surface area contributed by atoms with Crippen molar-refractivity contribution in [2.75, 3.05) is 6.61 Å². The Labute approximate surface area is 184 Å². The van der Waals surface area contributed by atoms with Gasteiger partial charge in [-0.2, -0.15) is 0 Å². The highest BCUT2D eigenvalue weighted by Gasteiger charge is 2.55. The highest BCUT2D eigenvalue weighted by atomic mass is 28.4. The average molecular weight is 429 g/mol. The van der Waals surface area contributed by atoms with Crippen LogP contribution in [0.1, 0.15) is 64.9 Å². The van der Waals surface area contributed by atoms with Gasteiger partial charge in [-0.15, -0.1) is 0 Å². The first kappa shape index (κ1) is 23.4. The number of ketones is 1. The van der Waals surface area contributed by atoms with Crippen LogP contribution in [0.5, 0.6) is 0 Å². The molecule has 0 N–H and O–H groups in total. The number of benzene rings is 1. The van der Waals surface area contributed by atoms with Crippen LogP contribution in [0.3, 0.4) is 0 Å². The van der Waals surface area contributed by atoms with E-state index in [2.05, 4.69) is 58.2 Å². The molecule has 30 heavy (non-hydrogen) atoms. The molecule has 3 atom stereocenters. The SMILES string of the molecule is CC(C)(C)[Si](C)(C)O[C@@H]1CC=C[C@@H](CCCOCc2ccccc2)[C@]12CCCC2=O. The molecule has 1 aromatic rings. The zero-order chi connectivity index (χ0) is 21.8. The molecule has 2 aliphatic carbocycles. The van der Waals surface area contributed by atoms with E-state index in [9.17, 15) is 4.79 Å². The molecule has 0 saturated heterocycles. The minimum Gasteiger partial charge on any atom is -0.413 e. The summed E-state index contributed by atoms with van der Waals surface area (Å²) in [6, 6.07) is 10.3. The normalized spacial score (nSPS) is 27.2. The van der Waals surface area contributed by atoms with Crippen LogP contribution >= 0.6 is 0 Å². The largest absolute Gasteiger partial charge is 0.413 e. The fourth-order valence-electron chi connectivity index (χ4n) is 4.84. The summed E-state index contributed by atoms with van der Waals surface area (Å²) in [5.41, 5.74) is 0.893. The van der Waals surface area contributed by atoms with Crippen LogP contribution in [0.25, 0.3) is 0 Å². The van der Waals surface area contributed by atoms with Crippen LogP contribution in [0.15, 0.2) is 42.5 Å². The molecule has 3 nitrogen and oxygen atoms in total. The van der Waals surface area contributed by atoms with Crippen LogP contribution < -0.4 is 0 Å². The highest BCUT2D eigenvalue weighted by molar-refractivity contribution is 6.74. The first-order chi connectivity index (χ1) is 14.2. The second-order valence-electron chi connectivity index (χ2n) is 10.6. The first-order valence-electron chi connectivity index (χ1n) is 11.7. The van der Waals surface area contributed by atoms with Crippen molar-refractivity contribution in [2.24, 2.45) is 11.3 Å². The van der Waals surface area contributed by atoms with E-state index in [4.69, 9.17) is 9.16 Å². The standard InChI is InChI=1S/C26H40O3Si/c1-25(2,3)30(4,5)29-24-17-9-14-22(26(24)18-10-16-23(26)27)15-11-19-28-20-21-12-7-6-8-13-21/h6-9,12-14,22,24H,10-11,15-20H2,1-5H3/t22-,24+,26-/m0/s1. The van der Waals surface area contributed by atoms with Gasteiger partial charge in [0.2, 0.25) is 0 Å². The third kappa shape index (κ3) is 4.98. The second kappa shape index (κ2) is 9.50. The summed E-state index contributed by atoms with van der Waals surface area (Å²) in [6.45, 7) is 12.9. The first-order valence-corrected chi connectivity index (χ1v) is 14.6. The molecule has 4 heteroatoms. The van der Waals surface area contributed by atoms with Gasteiger partial charge >= 0.3 is 0 Å². The quantitative estimate of drug-likeness (QED) is 0.263. The predicted octanol–water partition coefficient (Wildman–Crippen LogP) is 6.69. The Kier molecular flexibility index (Phi) is 7.42. The highest BCUT2D eigenvalue weighted by Crippen LogP contribution is 2.53. The smallest absolute Gasteiger partial charge is 0.192 e. The molecular weight excluding hydrogens is 388 g/mol. The zero-order valence-corrected chi connectivity index (χ0v) is 20.6. The van der Waals surface area contributed by atoms with Crippen molar-refractivity contribution in [1.82, 2.24) is 0 Å². The van der Waals surface area contributed by atoms with Gasteiger partial charge < -0.3 is 9.16 Å². The molecule has 1 fully saturated rings. The number of carbonyl (C=O) groups excluding carboxylic acids is 1. The van der Waals surface area contributed by atoms with Gasteiger partial charge in [0.1, 0.15) is 5.78 Å². The van der Waals surface area contributed by atoms with Crippen molar-refractivity contribution in [2.45, 2.75) is 90.1 Å². The number of hydrogen-bond donors (Lipinski definition) is 0. The lowest BCUT2D eigenvalue weighted by Gasteiger charge is -2.49. The van der Waals surface area contributed by atoms with E-state index in [1.54, 1.807) is 0 Å². The Morgan fingerprint density at radius 3 is 2.53 bits per heavy atom. The summed E-state index contributed by atoms with van der Waals surface area (Å²) < 4.78 is 12.8. The van der Waals surface area contributed by atoms with Gasteiger partial charge in [-0.1, -0.05) is 63.3 Å². The van der Waals surface area contributed by atoms with Crippen molar-refractivity contribution in [3.05, 3.63) is 48.0 Å². The molecule has 0 amide bonds. The number of rotatable bonds is 8. The minimum absolute atomic E-state index is 0.0358. The lowest BCUT2D eigenvalue weighted by Crippen LogP contribution is -2.54. The van der Waals surface area contributed by atoms with Crippen molar-refractivity contribution >= 4 is 14.1 Å². The van der Waals surface area contributed by atoms with Crippen LogP contribution in [0, 0.1) is 11.3 Å². The molecule has 0 radical (unpaired) electrons. The molecule has 1 spiro atoms. The van der Waals surface area contributed by atoms with E-state index >= 15 is 0 Å². The van der Waals surface area contributed by atoms with E-state index in [1.807, 2.05) is 18.2 Å². The summed E-state index contributed by atoms with van der Waals surface area (Å²) >= 11 is 0. The third-order valence-electron chi connectivity index (χ3n) is 7.63. The Hall–Kier alpha value is -1.23. The zero-order valence-electron chi connectivity index (χ0n) is 19.6. The van der Waals surface area contributed by atoms with Gasteiger partial charge in [0.05, 0.1) is 18.1 Å². The number of ether oxygens (including phenoxy) is 1. The molecule has 0 aliphatic heterocycles. The van der Waals surface area contributed by atoms with E-state index in [1.165, 1.54) is 5.56 Å².